The minimum Gasteiger partial charge on any atom is -0.468 e. The van der Waals surface area contributed by atoms with Gasteiger partial charge in [-0.1, -0.05) is 13.8 Å². The number of nitrogens with one attached hydrogen (secondary N) is 1. The number of hydrogen-bond donors (Lipinski definition) is 1. The normalized spacial score (nSPS) is 13.0. The number of benzene rings is 1. The van der Waals surface area contributed by atoms with Crippen LogP contribution in [0.1, 0.15) is 31.3 Å². The maximum absolute atomic E-state index is 13.1. The molecule has 7 heteroatoms. The fourth-order valence-electron chi connectivity index (χ4n) is 2.28. The maximum atomic E-state index is 13.1. The fraction of sp³-hybridized carbons (Fsp3) is 0.353. The van der Waals surface area contributed by atoms with Crippen LogP contribution in [0, 0.1) is 11.7 Å². The SMILES string of the molecule is CC(C)CC(=O)NC[C@@H](c1ccco1)S(=O)(=O)c1ccc(F)cc1. The predicted octanol–water partition coefficient (Wildman–Crippen LogP) is 3.10. The van der Waals surface area contributed by atoms with Crippen LogP contribution in [0.15, 0.2) is 52.0 Å². The second-order valence-electron chi connectivity index (χ2n) is 5.91. The van der Waals surface area contributed by atoms with Crippen molar-refractivity contribution >= 4 is 15.7 Å². The molecule has 0 aliphatic heterocycles. The summed E-state index contributed by atoms with van der Waals surface area (Å²) in [7, 11) is -3.84. The first-order valence-electron chi connectivity index (χ1n) is 7.60. The van der Waals surface area contributed by atoms with Gasteiger partial charge in [0.2, 0.25) is 5.91 Å². The van der Waals surface area contributed by atoms with Crippen molar-refractivity contribution in [3.63, 3.8) is 0 Å². The highest BCUT2D eigenvalue weighted by molar-refractivity contribution is 7.91. The van der Waals surface area contributed by atoms with Crippen LogP contribution in [-0.2, 0) is 14.6 Å². The highest BCUT2D eigenvalue weighted by Crippen LogP contribution is 2.29. The van der Waals surface area contributed by atoms with Crippen LogP contribution in [0.3, 0.4) is 0 Å². The number of carbonyl (C=O) groups is 1. The van der Waals surface area contributed by atoms with E-state index < -0.39 is 20.9 Å². The molecule has 1 N–H and O–H groups in total. The van der Waals surface area contributed by atoms with Gasteiger partial charge < -0.3 is 9.73 Å². The van der Waals surface area contributed by atoms with Crippen LogP contribution in [-0.4, -0.2) is 20.9 Å². The molecule has 0 spiro atoms. The Hall–Kier alpha value is -2.15. The summed E-state index contributed by atoms with van der Waals surface area (Å²) in [5.41, 5.74) is 0. The maximum Gasteiger partial charge on any atom is 0.220 e. The van der Waals surface area contributed by atoms with E-state index in [-0.39, 0.29) is 29.0 Å². The molecule has 130 valence electrons. The molecular formula is C17H20FNO4S. The largest absolute Gasteiger partial charge is 0.468 e. The second kappa shape index (κ2) is 7.61. The predicted molar refractivity (Wildman–Crippen MR) is 87.5 cm³/mol. The molecule has 1 heterocycles. The van der Waals surface area contributed by atoms with Gasteiger partial charge in [0, 0.05) is 13.0 Å². The molecule has 0 aliphatic rings. The second-order valence-corrected chi connectivity index (χ2v) is 8.04. The molecule has 1 amide bonds. The highest BCUT2D eigenvalue weighted by Gasteiger charge is 2.31. The Morgan fingerprint density at radius 1 is 1.21 bits per heavy atom. The molecule has 0 radical (unpaired) electrons. The number of rotatable bonds is 7. The lowest BCUT2D eigenvalue weighted by molar-refractivity contribution is -0.121. The van der Waals surface area contributed by atoms with E-state index in [1.165, 1.54) is 18.4 Å². The molecule has 0 saturated carbocycles. The summed E-state index contributed by atoms with van der Waals surface area (Å²) in [6.07, 6.45) is 1.68. The summed E-state index contributed by atoms with van der Waals surface area (Å²) < 4.78 is 44.0. The zero-order valence-corrected chi connectivity index (χ0v) is 14.3. The van der Waals surface area contributed by atoms with Crippen molar-refractivity contribution < 1.29 is 22.0 Å². The third-order valence-corrected chi connectivity index (χ3v) is 5.53. The van der Waals surface area contributed by atoms with Crippen molar-refractivity contribution in [3.05, 3.63) is 54.2 Å². The molecule has 0 unspecified atom stereocenters. The highest BCUT2D eigenvalue weighted by atomic mass is 32.2. The zero-order chi connectivity index (χ0) is 17.7. The summed E-state index contributed by atoms with van der Waals surface area (Å²) >= 11 is 0. The zero-order valence-electron chi connectivity index (χ0n) is 13.5. The Morgan fingerprint density at radius 3 is 2.42 bits per heavy atom. The first kappa shape index (κ1) is 18.2. The number of sulfone groups is 1. The minimum absolute atomic E-state index is 0.0246. The third kappa shape index (κ3) is 4.44. The van der Waals surface area contributed by atoms with E-state index in [9.17, 15) is 17.6 Å². The number of carbonyl (C=O) groups excluding carboxylic acids is 1. The molecule has 5 nitrogen and oxygen atoms in total. The van der Waals surface area contributed by atoms with E-state index >= 15 is 0 Å². The Morgan fingerprint density at radius 2 is 1.88 bits per heavy atom. The first-order chi connectivity index (χ1) is 11.3. The van der Waals surface area contributed by atoms with Crippen LogP contribution in [0.5, 0.6) is 0 Å². The van der Waals surface area contributed by atoms with Crippen molar-refractivity contribution in [3.8, 4) is 0 Å². The number of furan rings is 1. The van der Waals surface area contributed by atoms with E-state index in [1.807, 2.05) is 13.8 Å². The summed E-state index contributed by atoms with van der Waals surface area (Å²) in [6, 6.07) is 7.71. The van der Waals surface area contributed by atoms with Gasteiger partial charge in [0.15, 0.2) is 9.84 Å². The van der Waals surface area contributed by atoms with Crippen molar-refractivity contribution in [2.45, 2.75) is 30.4 Å². The monoisotopic (exact) mass is 353 g/mol. The lowest BCUT2D eigenvalue weighted by Crippen LogP contribution is -2.32. The van der Waals surface area contributed by atoms with Crippen LogP contribution < -0.4 is 5.32 Å². The fourth-order valence-corrected chi connectivity index (χ4v) is 3.86. The summed E-state index contributed by atoms with van der Waals surface area (Å²) in [4.78, 5) is 11.8. The number of amides is 1. The third-order valence-electron chi connectivity index (χ3n) is 3.46. The Labute approximate surface area is 140 Å². The van der Waals surface area contributed by atoms with Crippen LogP contribution in [0.4, 0.5) is 4.39 Å². The van der Waals surface area contributed by atoms with Gasteiger partial charge in [0.1, 0.15) is 16.8 Å². The van der Waals surface area contributed by atoms with E-state index in [1.54, 1.807) is 12.1 Å². The lowest BCUT2D eigenvalue weighted by atomic mass is 10.1. The first-order valence-corrected chi connectivity index (χ1v) is 9.15. The molecule has 24 heavy (non-hydrogen) atoms. The van der Waals surface area contributed by atoms with Gasteiger partial charge in [-0.3, -0.25) is 4.79 Å². The molecule has 2 rings (SSSR count). The lowest BCUT2D eigenvalue weighted by Gasteiger charge is -2.17. The summed E-state index contributed by atoms with van der Waals surface area (Å²) in [5.74, 6) is -0.352. The summed E-state index contributed by atoms with van der Waals surface area (Å²) in [5, 5.41) is 1.56. The van der Waals surface area contributed by atoms with Gasteiger partial charge in [-0.25, -0.2) is 12.8 Å². The average Bonchev–Trinajstić information content (AvgIpc) is 3.01. The van der Waals surface area contributed by atoms with Gasteiger partial charge in [-0.15, -0.1) is 0 Å². The molecule has 1 aromatic heterocycles. The minimum atomic E-state index is -3.84. The topological polar surface area (TPSA) is 76.4 Å². The Balaban J connectivity index is 2.26. The van der Waals surface area contributed by atoms with Gasteiger partial charge in [0.05, 0.1) is 11.2 Å². The van der Waals surface area contributed by atoms with Crippen LogP contribution in [0.2, 0.25) is 0 Å². The number of halogens is 1. The van der Waals surface area contributed by atoms with E-state index in [2.05, 4.69) is 5.32 Å². The molecule has 0 bridgehead atoms. The van der Waals surface area contributed by atoms with Crippen LogP contribution >= 0.6 is 0 Å². The summed E-state index contributed by atoms with van der Waals surface area (Å²) in [6.45, 7) is 3.69. The standard InChI is InChI=1S/C17H20FNO4S/c1-12(2)10-17(20)19-11-16(15-4-3-9-23-15)24(21,22)14-7-5-13(18)6-8-14/h3-9,12,16H,10-11H2,1-2H3,(H,19,20)/t16-/m0/s1. The molecule has 2 aromatic rings. The smallest absolute Gasteiger partial charge is 0.220 e. The molecule has 1 atom stereocenters. The van der Waals surface area contributed by atoms with Gasteiger partial charge in [0.25, 0.3) is 0 Å². The Bertz CT molecular complexity index is 767. The molecular weight excluding hydrogens is 333 g/mol. The van der Waals surface area contributed by atoms with Crippen molar-refractivity contribution in [1.82, 2.24) is 5.32 Å². The van der Waals surface area contributed by atoms with Gasteiger partial charge >= 0.3 is 0 Å². The van der Waals surface area contributed by atoms with E-state index in [4.69, 9.17) is 4.42 Å². The van der Waals surface area contributed by atoms with Crippen molar-refractivity contribution in [2.75, 3.05) is 6.54 Å². The molecule has 0 fully saturated rings. The van der Waals surface area contributed by atoms with Gasteiger partial charge in [-0.2, -0.15) is 0 Å². The van der Waals surface area contributed by atoms with E-state index in [0.29, 0.717) is 6.42 Å². The van der Waals surface area contributed by atoms with Crippen molar-refractivity contribution in [1.29, 1.82) is 0 Å². The molecule has 0 aliphatic carbocycles. The quantitative estimate of drug-likeness (QED) is 0.776. The number of hydrogen-bond acceptors (Lipinski definition) is 4. The molecule has 0 saturated heterocycles. The average molecular weight is 353 g/mol. The van der Waals surface area contributed by atoms with Crippen LogP contribution in [0.25, 0.3) is 0 Å². The Kier molecular flexibility index (Phi) is 5.77. The van der Waals surface area contributed by atoms with Gasteiger partial charge in [-0.05, 0) is 42.3 Å². The van der Waals surface area contributed by atoms with Crippen molar-refractivity contribution in [2.24, 2.45) is 5.92 Å². The molecule has 1 aromatic carbocycles. The van der Waals surface area contributed by atoms with E-state index in [0.717, 1.165) is 12.1 Å².